The molecular formula is C13H12N4O2S. The summed E-state index contributed by atoms with van der Waals surface area (Å²) in [4.78, 5) is 23.8. The van der Waals surface area contributed by atoms with Crippen molar-refractivity contribution >= 4 is 17.5 Å². The molecule has 7 heteroatoms. The van der Waals surface area contributed by atoms with Crippen LogP contribution in [0.15, 0.2) is 33.0 Å². The van der Waals surface area contributed by atoms with Crippen molar-refractivity contribution in [2.75, 3.05) is 0 Å². The van der Waals surface area contributed by atoms with Crippen molar-refractivity contribution in [1.29, 1.82) is 5.26 Å². The number of benzene rings is 1. The van der Waals surface area contributed by atoms with Crippen molar-refractivity contribution in [3.8, 4) is 6.07 Å². The second kappa shape index (κ2) is 5.75. The fourth-order valence-corrected chi connectivity index (χ4v) is 2.84. The summed E-state index contributed by atoms with van der Waals surface area (Å²) in [5.74, 6) is -0.0991. The topological polar surface area (TPSA) is 91.5 Å². The summed E-state index contributed by atoms with van der Waals surface area (Å²) in [6.07, 6.45) is 0. The first-order valence-electron chi connectivity index (χ1n) is 5.95. The molecule has 0 aliphatic rings. The van der Waals surface area contributed by atoms with Gasteiger partial charge in [-0.15, -0.1) is 5.10 Å². The number of Topliss-reactive ketones (excluding diaryl/α,β-unsaturated/α-hetero) is 1. The van der Waals surface area contributed by atoms with E-state index >= 15 is 0 Å². The first-order valence-corrected chi connectivity index (χ1v) is 6.76. The number of nitriles is 1. The van der Waals surface area contributed by atoms with Crippen LogP contribution >= 0.6 is 11.8 Å². The van der Waals surface area contributed by atoms with Gasteiger partial charge in [-0.1, -0.05) is 0 Å². The first-order chi connectivity index (χ1) is 9.56. The maximum absolute atomic E-state index is 11.6. The quantitative estimate of drug-likeness (QED) is 0.866. The maximum Gasteiger partial charge on any atom is 0.343 e. The highest BCUT2D eigenvalue weighted by atomic mass is 32.2. The summed E-state index contributed by atoms with van der Waals surface area (Å²) in [5, 5.41) is 15.7. The van der Waals surface area contributed by atoms with Gasteiger partial charge >= 0.3 is 5.69 Å². The Balaban J connectivity index is 2.49. The Hall–Kier alpha value is -2.33. The highest BCUT2D eigenvalue weighted by Gasteiger charge is 2.14. The summed E-state index contributed by atoms with van der Waals surface area (Å²) >= 11 is 1.19. The number of nitrogens with one attached hydrogen (secondary N) is 1. The van der Waals surface area contributed by atoms with Crippen molar-refractivity contribution in [2.45, 2.75) is 30.4 Å². The van der Waals surface area contributed by atoms with Crippen LogP contribution in [-0.2, 0) is 6.54 Å². The van der Waals surface area contributed by atoms with E-state index in [4.69, 9.17) is 5.26 Å². The third-order valence-electron chi connectivity index (χ3n) is 2.73. The Kier molecular flexibility index (Phi) is 4.05. The van der Waals surface area contributed by atoms with Gasteiger partial charge in [0.15, 0.2) is 10.9 Å². The third kappa shape index (κ3) is 2.65. The van der Waals surface area contributed by atoms with Gasteiger partial charge in [0.2, 0.25) is 0 Å². The van der Waals surface area contributed by atoms with Crippen molar-refractivity contribution in [3.05, 3.63) is 39.8 Å². The van der Waals surface area contributed by atoms with Crippen LogP contribution in [0.25, 0.3) is 0 Å². The number of carbonyl (C=O) groups is 1. The molecule has 0 aliphatic heterocycles. The van der Waals surface area contributed by atoms with Crippen LogP contribution in [0.4, 0.5) is 0 Å². The van der Waals surface area contributed by atoms with Gasteiger partial charge in [0.25, 0.3) is 0 Å². The summed E-state index contributed by atoms with van der Waals surface area (Å²) in [6, 6.07) is 6.87. The summed E-state index contributed by atoms with van der Waals surface area (Å²) in [5.41, 5.74) is 0.668. The molecule has 6 nitrogen and oxygen atoms in total. The lowest BCUT2D eigenvalue weighted by Gasteiger charge is -2.07. The zero-order chi connectivity index (χ0) is 14.7. The molecule has 0 atom stereocenters. The van der Waals surface area contributed by atoms with Gasteiger partial charge in [-0.2, -0.15) is 5.26 Å². The molecule has 0 fully saturated rings. The maximum atomic E-state index is 11.6. The zero-order valence-electron chi connectivity index (χ0n) is 11.0. The SMILES string of the molecule is CCn1c(Sc2cc(C#N)ccc2C(C)=O)n[nH]c1=O. The van der Waals surface area contributed by atoms with Gasteiger partial charge < -0.3 is 0 Å². The lowest BCUT2D eigenvalue weighted by atomic mass is 10.1. The predicted octanol–water partition coefficient (Wildman–Crippen LogP) is 1.82. The third-order valence-corrected chi connectivity index (χ3v) is 3.78. The van der Waals surface area contributed by atoms with Gasteiger partial charge in [0.1, 0.15) is 0 Å². The lowest BCUT2D eigenvalue weighted by molar-refractivity contribution is 0.101. The minimum absolute atomic E-state index is 0.0991. The fourth-order valence-electron chi connectivity index (χ4n) is 1.73. The van der Waals surface area contributed by atoms with Crippen LogP contribution < -0.4 is 5.69 Å². The number of hydrogen-bond donors (Lipinski definition) is 1. The van der Waals surface area contributed by atoms with Crippen molar-refractivity contribution in [2.24, 2.45) is 0 Å². The van der Waals surface area contributed by atoms with Gasteiger partial charge in [-0.3, -0.25) is 9.36 Å². The summed E-state index contributed by atoms with van der Waals surface area (Å²) < 4.78 is 1.47. The zero-order valence-corrected chi connectivity index (χ0v) is 11.8. The molecule has 0 saturated carbocycles. The number of nitrogens with zero attached hydrogens (tertiary/aromatic N) is 3. The number of rotatable bonds is 4. The molecule has 1 N–H and O–H groups in total. The van der Waals surface area contributed by atoms with E-state index in [1.165, 1.54) is 23.3 Å². The standard InChI is InChI=1S/C13H12N4O2S/c1-3-17-12(19)15-16-13(17)20-11-6-9(7-14)4-5-10(11)8(2)18/h4-6H,3H2,1-2H3,(H,15,19). The molecule has 1 heterocycles. The van der Waals surface area contributed by atoms with Crippen LogP contribution in [0.1, 0.15) is 29.8 Å². The average Bonchev–Trinajstić information content (AvgIpc) is 2.78. The van der Waals surface area contributed by atoms with Crippen LogP contribution in [0.5, 0.6) is 0 Å². The molecular weight excluding hydrogens is 276 g/mol. The molecule has 0 amide bonds. The van der Waals surface area contributed by atoms with Crippen molar-refractivity contribution < 1.29 is 4.79 Å². The Morgan fingerprint density at radius 2 is 2.30 bits per heavy atom. The van der Waals surface area contributed by atoms with Crippen LogP contribution in [0, 0.1) is 11.3 Å². The number of aromatic amines is 1. The Morgan fingerprint density at radius 1 is 1.55 bits per heavy atom. The second-order valence-corrected chi connectivity index (χ2v) is 5.05. The Bertz CT molecular complexity index is 754. The highest BCUT2D eigenvalue weighted by molar-refractivity contribution is 7.99. The largest absolute Gasteiger partial charge is 0.343 e. The molecule has 20 heavy (non-hydrogen) atoms. The number of ketones is 1. The molecule has 0 saturated heterocycles. The van der Waals surface area contributed by atoms with Crippen molar-refractivity contribution in [3.63, 3.8) is 0 Å². The van der Waals surface area contributed by atoms with Gasteiger partial charge in [0, 0.05) is 17.0 Å². The minimum Gasteiger partial charge on any atom is -0.294 e. The van der Waals surface area contributed by atoms with Crippen LogP contribution in [0.2, 0.25) is 0 Å². The highest BCUT2D eigenvalue weighted by Crippen LogP contribution is 2.29. The van der Waals surface area contributed by atoms with Gasteiger partial charge in [-0.25, -0.2) is 9.89 Å². The monoisotopic (exact) mass is 288 g/mol. The fraction of sp³-hybridized carbons (Fsp3) is 0.231. The number of aromatic nitrogens is 3. The number of carbonyl (C=O) groups excluding carboxylic acids is 1. The molecule has 2 rings (SSSR count). The minimum atomic E-state index is -0.296. The number of H-pyrrole nitrogens is 1. The van der Waals surface area contributed by atoms with E-state index in [1.54, 1.807) is 18.2 Å². The molecule has 0 aliphatic carbocycles. The molecule has 0 bridgehead atoms. The average molecular weight is 288 g/mol. The Labute approximate surface area is 119 Å². The molecule has 1 aromatic carbocycles. The molecule has 1 aromatic heterocycles. The normalized spacial score (nSPS) is 10.2. The molecule has 102 valence electrons. The van der Waals surface area contributed by atoms with E-state index in [1.807, 2.05) is 13.0 Å². The molecule has 2 aromatic rings. The van der Waals surface area contributed by atoms with Crippen LogP contribution in [-0.4, -0.2) is 20.5 Å². The Morgan fingerprint density at radius 3 is 2.90 bits per heavy atom. The lowest BCUT2D eigenvalue weighted by Crippen LogP contribution is -2.16. The van der Waals surface area contributed by atoms with E-state index < -0.39 is 0 Å². The number of hydrogen-bond acceptors (Lipinski definition) is 5. The van der Waals surface area contributed by atoms with E-state index in [9.17, 15) is 9.59 Å². The van der Waals surface area contributed by atoms with E-state index in [0.717, 1.165) is 0 Å². The summed E-state index contributed by atoms with van der Waals surface area (Å²) in [6.45, 7) is 3.77. The van der Waals surface area contributed by atoms with Gasteiger partial charge in [0.05, 0.1) is 11.6 Å². The van der Waals surface area contributed by atoms with Gasteiger partial charge in [-0.05, 0) is 43.8 Å². The predicted molar refractivity (Wildman–Crippen MR) is 73.8 cm³/mol. The molecule has 0 unspecified atom stereocenters. The van der Waals surface area contributed by atoms with E-state index in [2.05, 4.69) is 10.2 Å². The van der Waals surface area contributed by atoms with Crippen LogP contribution in [0.3, 0.4) is 0 Å². The van der Waals surface area contributed by atoms with Crippen molar-refractivity contribution in [1.82, 2.24) is 14.8 Å². The first kappa shape index (κ1) is 14.1. The smallest absolute Gasteiger partial charge is 0.294 e. The van der Waals surface area contributed by atoms with E-state index in [-0.39, 0.29) is 11.5 Å². The van der Waals surface area contributed by atoms with E-state index in [0.29, 0.717) is 27.7 Å². The molecule has 0 spiro atoms. The summed E-state index contributed by atoms with van der Waals surface area (Å²) in [7, 11) is 0. The second-order valence-electron chi connectivity index (χ2n) is 4.04. The molecule has 0 radical (unpaired) electrons.